The number of anilines is 1. The van der Waals surface area contributed by atoms with Crippen molar-refractivity contribution in [1.82, 2.24) is 14.8 Å². The van der Waals surface area contributed by atoms with Crippen molar-refractivity contribution in [3.05, 3.63) is 23.0 Å². The summed E-state index contributed by atoms with van der Waals surface area (Å²) in [7, 11) is 3.49. The number of Topliss-reactive ketones (excluding diaryl/α,β-unsaturated/α-hetero) is 1. The Labute approximate surface area is 144 Å². The van der Waals surface area contributed by atoms with E-state index in [9.17, 15) is 4.79 Å². The number of rotatable bonds is 8. The maximum Gasteiger partial charge on any atom is 0.206 e. The Morgan fingerprint density at radius 1 is 1.48 bits per heavy atom. The number of carbonyl (C=O) groups excluding carboxylic acids is 1. The quantitative estimate of drug-likeness (QED) is 0.580. The van der Waals surface area contributed by atoms with Gasteiger partial charge in [0.25, 0.3) is 0 Å². The zero-order valence-electron chi connectivity index (χ0n) is 14.0. The molecule has 0 aromatic carbocycles. The average Bonchev–Trinajstić information content (AvgIpc) is 3.09. The van der Waals surface area contributed by atoms with Crippen LogP contribution in [0.4, 0.5) is 5.13 Å². The van der Waals surface area contributed by atoms with Crippen molar-refractivity contribution in [2.24, 2.45) is 0 Å². The number of ether oxygens (including phenoxy) is 1. The van der Waals surface area contributed by atoms with Gasteiger partial charge in [-0.05, 0) is 26.8 Å². The minimum Gasteiger partial charge on any atom is -0.383 e. The van der Waals surface area contributed by atoms with E-state index in [1.807, 2.05) is 19.9 Å². The van der Waals surface area contributed by atoms with Gasteiger partial charge >= 0.3 is 0 Å². The van der Waals surface area contributed by atoms with Crippen molar-refractivity contribution in [3.8, 4) is 0 Å². The van der Waals surface area contributed by atoms with Crippen molar-refractivity contribution in [1.29, 1.82) is 0 Å². The minimum absolute atomic E-state index is 0.111. The van der Waals surface area contributed by atoms with Crippen LogP contribution in [0.15, 0.2) is 10.4 Å². The van der Waals surface area contributed by atoms with Crippen LogP contribution >= 0.6 is 23.1 Å². The first-order chi connectivity index (χ1) is 11.0. The first kappa shape index (κ1) is 18.0. The Morgan fingerprint density at radius 2 is 2.22 bits per heavy atom. The zero-order valence-corrected chi connectivity index (χ0v) is 15.7. The van der Waals surface area contributed by atoms with Crippen LogP contribution in [0.5, 0.6) is 0 Å². The Morgan fingerprint density at radius 3 is 2.83 bits per heavy atom. The predicted octanol–water partition coefficient (Wildman–Crippen LogP) is 3.18. The van der Waals surface area contributed by atoms with E-state index in [4.69, 9.17) is 4.74 Å². The Bertz CT molecular complexity index is 681. The van der Waals surface area contributed by atoms with Crippen LogP contribution in [-0.4, -0.2) is 47.1 Å². The fourth-order valence-electron chi connectivity index (χ4n) is 2.63. The summed E-state index contributed by atoms with van der Waals surface area (Å²) in [6.45, 7) is 6.72. The lowest BCUT2D eigenvalue weighted by Gasteiger charge is -2.17. The summed E-state index contributed by atoms with van der Waals surface area (Å²) in [6.07, 6.45) is 0. The molecule has 1 N–H and O–H groups in total. The van der Waals surface area contributed by atoms with Gasteiger partial charge in [0.1, 0.15) is 0 Å². The number of thioether (sulfide) groups is 1. The summed E-state index contributed by atoms with van der Waals surface area (Å²) in [5.41, 5.74) is 2.84. The lowest BCUT2D eigenvalue weighted by atomic mass is 10.2. The van der Waals surface area contributed by atoms with Crippen LogP contribution in [0.25, 0.3) is 0 Å². The van der Waals surface area contributed by atoms with Crippen LogP contribution in [0.3, 0.4) is 0 Å². The van der Waals surface area contributed by atoms with Crippen LogP contribution in [0.1, 0.15) is 34.7 Å². The van der Waals surface area contributed by atoms with Crippen LogP contribution in [0, 0.1) is 13.8 Å². The number of nitrogens with one attached hydrogen (secondary N) is 1. The molecule has 0 aliphatic carbocycles. The zero-order chi connectivity index (χ0) is 17.0. The molecule has 0 unspecified atom stereocenters. The monoisotopic (exact) mass is 354 g/mol. The van der Waals surface area contributed by atoms with E-state index in [2.05, 4.69) is 27.0 Å². The molecule has 1 atom stereocenters. The smallest absolute Gasteiger partial charge is 0.206 e. The molecule has 2 rings (SSSR count). The number of methoxy groups -OCH3 is 1. The molecule has 2 heterocycles. The van der Waals surface area contributed by atoms with E-state index >= 15 is 0 Å². The maximum atomic E-state index is 12.5. The van der Waals surface area contributed by atoms with Crippen molar-refractivity contribution in [2.45, 2.75) is 31.2 Å². The highest BCUT2D eigenvalue weighted by atomic mass is 32.2. The van der Waals surface area contributed by atoms with E-state index in [0.717, 1.165) is 26.4 Å². The van der Waals surface area contributed by atoms with Gasteiger partial charge in [-0.25, -0.2) is 0 Å². The second kappa shape index (κ2) is 7.94. The molecule has 0 aliphatic heterocycles. The number of ketones is 1. The van der Waals surface area contributed by atoms with Crippen molar-refractivity contribution in [3.63, 3.8) is 0 Å². The van der Waals surface area contributed by atoms with Crippen molar-refractivity contribution in [2.75, 3.05) is 31.8 Å². The molecule has 0 bridgehead atoms. The average molecular weight is 355 g/mol. The third-order valence-electron chi connectivity index (χ3n) is 3.58. The molecule has 0 saturated heterocycles. The molecular weight excluding hydrogens is 332 g/mol. The topological polar surface area (TPSA) is 69.0 Å². The normalized spacial score (nSPS) is 12.4. The maximum absolute atomic E-state index is 12.5. The van der Waals surface area contributed by atoms with Gasteiger partial charge in [-0.15, -0.1) is 10.2 Å². The van der Waals surface area contributed by atoms with Gasteiger partial charge in [0, 0.05) is 31.1 Å². The highest BCUT2D eigenvalue weighted by Crippen LogP contribution is 2.27. The number of aryl methyl sites for hydroxylation is 1. The largest absolute Gasteiger partial charge is 0.383 e. The Hall–Kier alpha value is -1.38. The van der Waals surface area contributed by atoms with Gasteiger partial charge in [0.15, 0.2) is 10.1 Å². The van der Waals surface area contributed by atoms with E-state index < -0.39 is 0 Å². The van der Waals surface area contributed by atoms with Crippen molar-refractivity contribution < 1.29 is 9.53 Å². The molecule has 0 radical (unpaired) electrons. The number of aromatic nitrogens is 3. The molecule has 126 valence electrons. The van der Waals surface area contributed by atoms with Crippen LogP contribution in [0.2, 0.25) is 0 Å². The van der Waals surface area contributed by atoms with Crippen LogP contribution in [-0.2, 0) is 4.74 Å². The lowest BCUT2D eigenvalue weighted by molar-refractivity contribution is 0.102. The molecule has 0 amide bonds. The summed E-state index contributed by atoms with van der Waals surface area (Å²) in [4.78, 5) is 12.5. The standard InChI is InChI=1S/C15H22N4O2S2/c1-9-6-12(11(3)19(9)10(2)7-21-5)13(20)8-22-15-18-17-14(16-4)23-15/h6,10H,7-8H2,1-5H3,(H,16,17)/t10-/m1/s1. The Balaban J connectivity index is 2.08. The van der Waals surface area contributed by atoms with Gasteiger partial charge in [-0.2, -0.15) is 0 Å². The van der Waals surface area contributed by atoms with Crippen molar-refractivity contribution >= 4 is 34.0 Å². The molecule has 2 aromatic heterocycles. The van der Waals surface area contributed by atoms with Gasteiger partial charge in [0.05, 0.1) is 18.4 Å². The summed E-state index contributed by atoms with van der Waals surface area (Å²) in [5.74, 6) is 0.474. The highest BCUT2D eigenvalue weighted by Gasteiger charge is 2.19. The molecule has 8 heteroatoms. The lowest BCUT2D eigenvalue weighted by Crippen LogP contribution is -2.14. The fraction of sp³-hybridized carbons (Fsp3) is 0.533. The molecule has 6 nitrogen and oxygen atoms in total. The molecule has 0 aliphatic rings. The first-order valence-corrected chi connectivity index (χ1v) is 9.12. The second-order valence-electron chi connectivity index (χ2n) is 5.29. The van der Waals surface area contributed by atoms with Gasteiger partial charge < -0.3 is 14.6 Å². The van der Waals surface area contributed by atoms with E-state index in [1.165, 1.54) is 23.1 Å². The fourth-order valence-corrected chi connectivity index (χ4v) is 4.22. The molecule has 0 saturated carbocycles. The highest BCUT2D eigenvalue weighted by molar-refractivity contribution is 8.01. The second-order valence-corrected chi connectivity index (χ2v) is 7.49. The van der Waals surface area contributed by atoms with E-state index in [-0.39, 0.29) is 11.8 Å². The third-order valence-corrected chi connectivity index (χ3v) is 5.65. The molecule has 0 fully saturated rings. The number of nitrogens with zero attached hydrogens (tertiary/aromatic N) is 3. The predicted molar refractivity (Wildman–Crippen MR) is 95.0 cm³/mol. The van der Waals surface area contributed by atoms with Gasteiger partial charge in [0.2, 0.25) is 5.13 Å². The summed E-state index contributed by atoms with van der Waals surface area (Å²) >= 11 is 2.87. The summed E-state index contributed by atoms with van der Waals surface area (Å²) < 4.78 is 8.18. The third kappa shape index (κ3) is 4.13. The van der Waals surface area contributed by atoms with Crippen LogP contribution < -0.4 is 5.32 Å². The summed E-state index contributed by atoms with van der Waals surface area (Å²) in [5, 5.41) is 11.7. The Kier molecular flexibility index (Phi) is 6.20. The first-order valence-electron chi connectivity index (χ1n) is 7.32. The summed E-state index contributed by atoms with van der Waals surface area (Å²) in [6, 6.07) is 2.17. The van der Waals surface area contributed by atoms with E-state index in [1.54, 1.807) is 14.2 Å². The molecule has 2 aromatic rings. The number of hydrogen-bond donors (Lipinski definition) is 1. The van der Waals surface area contributed by atoms with Gasteiger partial charge in [-0.3, -0.25) is 4.79 Å². The number of carbonyl (C=O) groups is 1. The molecule has 0 spiro atoms. The van der Waals surface area contributed by atoms with E-state index in [0.29, 0.717) is 12.4 Å². The molecule has 23 heavy (non-hydrogen) atoms. The molecular formula is C15H22N4O2S2. The van der Waals surface area contributed by atoms with Gasteiger partial charge in [-0.1, -0.05) is 23.1 Å². The SMILES string of the molecule is CNc1nnc(SCC(=O)c2cc(C)n([C@H](C)COC)c2C)s1. The number of hydrogen-bond acceptors (Lipinski definition) is 7. The minimum atomic E-state index is 0.111.